The van der Waals surface area contributed by atoms with Crippen LogP contribution in [-0.4, -0.2) is 25.7 Å². The van der Waals surface area contributed by atoms with Crippen molar-refractivity contribution in [3.63, 3.8) is 0 Å². The molecule has 0 aliphatic carbocycles. The van der Waals surface area contributed by atoms with Gasteiger partial charge in [-0.2, -0.15) is 5.10 Å². The minimum atomic E-state index is -0.451. The van der Waals surface area contributed by atoms with Gasteiger partial charge in [0.05, 0.1) is 17.0 Å². The molecule has 9 heteroatoms. The third-order valence-corrected chi connectivity index (χ3v) is 4.21. The van der Waals surface area contributed by atoms with Crippen LogP contribution < -0.4 is 10.6 Å². The third-order valence-electron chi connectivity index (χ3n) is 4.21. The van der Waals surface area contributed by atoms with E-state index in [4.69, 9.17) is 0 Å². The topological polar surface area (TPSA) is 115 Å². The van der Waals surface area contributed by atoms with Crippen molar-refractivity contribution in [2.24, 2.45) is 0 Å². The average molecular weight is 344 g/mol. The van der Waals surface area contributed by atoms with Crippen molar-refractivity contribution in [1.82, 2.24) is 25.4 Å². The van der Waals surface area contributed by atoms with Gasteiger partial charge >= 0.3 is 6.03 Å². The summed E-state index contributed by atoms with van der Waals surface area (Å²) >= 11 is 0. The molecule has 1 aliphatic heterocycles. The quantitative estimate of drug-likeness (QED) is 0.653. The molecule has 2 atom stereocenters. The van der Waals surface area contributed by atoms with Crippen LogP contribution in [0.15, 0.2) is 24.3 Å². The number of nitro benzene ring substituents is 1. The lowest BCUT2D eigenvalue weighted by Gasteiger charge is -2.24. The van der Waals surface area contributed by atoms with Gasteiger partial charge in [0.1, 0.15) is 11.6 Å². The maximum Gasteiger partial charge on any atom is 0.315 e. The van der Waals surface area contributed by atoms with Crippen LogP contribution in [0.1, 0.15) is 49.1 Å². The van der Waals surface area contributed by atoms with Gasteiger partial charge in [0.25, 0.3) is 5.69 Å². The first kappa shape index (κ1) is 16.9. The molecule has 2 N–H and O–H groups in total. The summed E-state index contributed by atoms with van der Waals surface area (Å²) in [4.78, 5) is 27.1. The summed E-state index contributed by atoms with van der Waals surface area (Å²) in [7, 11) is 0. The van der Waals surface area contributed by atoms with E-state index >= 15 is 0 Å². The molecule has 1 aromatic carbocycles. The van der Waals surface area contributed by atoms with Crippen molar-refractivity contribution in [3.05, 3.63) is 51.6 Å². The lowest BCUT2D eigenvalue weighted by Crippen LogP contribution is -2.41. The van der Waals surface area contributed by atoms with E-state index in [1.165, 1.54) is 12.1 Å². The Morgan fingerprint density at radius 3 is 3.04 bits per heavy atom. The summed E-state index contributed by atoms with van der Waals surface area (Å²) in [6.07, 6.45) is 1.72. The highest BCUT2D eigenvalue weighted by molar-refractivity contribution is 5.74. The number of nitro groups is 1. The van der Waals surface area contributed by atoms with Crippen LogP contribution in [0.2, 0.25) is 0 Å². The highest BCUT2D eigenvalue weighted by Crippen LogP contribution is 2.23. The molecule has 132 valence electrons. The monoisotopic (exact) mass is 344 g/mol. The Morgan fingerprint density at radius 2 is 2.28 bits per heavy atom. The zero-order chi connectivity index (χ0) is 18.0. The number of non-ortho nitro benzene ring substituents is 1. The lowest BCUT2D eigenvalue weighted by atomic mass is 10.1. The van der Waals surface area contributed by atoms with Gasteiger partial charge in [-0.25, -0.2) is 14.5 Å². The summed E-state index contributed by atoms with van der Waals surface area (Å²) < 4.78 is 1.83. The first-order valence-corrected chi connectivity index (χ1v) is 8.17. The second kappa shape index (κ2) is 6.88. The van der Waals surface area contributed by atoms with Crippen LogP contribution in [0.3, 0.4) is 0 Å². The number of aromatic nitrogens is 3. The van der Waals surface area contributed by atoms with Gasteiger partial charge in [-0.3, -0.25) is 10.1 Å². The smallest absolute Gasteiger partial charge is 0.315 e. The van der Waals surface area contributed by atoms with Crippen LogP contribution in [-0.2, 0) is 6.54 Å². The highest BCUT2D eigenvalue weighted by atomic mass is 16.6. The van der Waals surface area contributed by atoms with Crippen molar-refractivity contribution in [3.8, 4) is 0 Å². The summed E-state index contributed by atoms with van der Waals surface area (Å²) in [5.41, 5.74) is 0.675. The van der Waals surface area contributed by atoms with Crippen LogP contribution in [0, 0.1) is 17.0 Å². The third kappa shape index (κ3) is 3.76. The molecule has 1 aliphatic rings. The van der Waals surface area contributed by atoms with Crippen molar-refractivity contribution in [2.45, 2.75) is 45.3 Å². The zero-order valence-corrected chi connectivity index (χ0v) is 14.1. The minimum Gasteiger partial charge on any atom is -0.332 e. The molecule has 0 spiro atoms. The molecule has 0 saturated heterocycles. The molecule has 25 heavy (non-hydrogen) atoms. The fraction of sp³-hybridized carbons (Fsp3) is 0.438. The Balaban J connectivity index is 1.65. The number of nitrogens with one attached hydrogen (secondary N) is 2. The number of fused-ring (bicyclic) bond motifs is 1. The summed E-state index contributed by atoms with van der Waals surface area (Å²) in [5, 5.41) is 20.9. The Hall–Kier alpha value is -2.97. The molecular weight excluding hydrogens is 324 g/mol. The van der Waals surface area contributed by atoms with Crippen molar-refractivity contribution in [1.29, 1.82) is 0 Å². The number of hydrogen-bond acceptors (Lipinski definition) is 5. The SMILES string of the molecule is Cc1nc2n(n1)CCC[C@H]2NC(=O)N[C@@H](C)c1cccc([N+](=O)[O-])c1. The number of carbonyl (C=O) groups is 1. The molecule has 0 fully saturated rings. The maximum atomic E-state index is 12.3. The van der Waals surface area contributed by atoms with Crippen molar-refractivity contribution < 1.29 is 9.72 Å². The van der Waals surface area contributed by atoms with Gasteiger partial charge in [-0.1, -0.05) is 12.1 Å². The molecule has 3 rings (SSSR count). The van der Waals surface area contributed by atoms with Crippen molar-refractivity contribution in [2.75, 3.05) is 0 Å². The Labute approximate surface area is 144 Å². The molecule has 2 aromatic rings. The van der Waals surface area contributed by atoms with Gasteiger partial charge in [-0.05, 0) is 32.3 Å². The maximum absolute atomic E-state index is 12.3. The molecule has 1 aromatic heterocycles. The number of urea groups is 1. The highest BCUT2D eigenvalue weighted by Gasteiger charge is 2.25. The summed E-state index contributed by atoms with van der Waals surface area (Å²) in [6, 6.07) is 5.36. The Morgan fingerprint density at radius 1 is 1.48 bits per heavy atom. The van der Waals surface area contributed by atoms with Gasteiger partial charge in [0.15, 0.2) is 0 Å². The number of benzene rings is 1. The second-order valence-electron chi connectivity index (χ2n) is 6.13. The van der Waals surface area contributed by atoms with Crippen LogP contribution in [0.5, 0.6) is 0 Å². The molecule has 0 saturated carbocycles. The average Bonchev–Trinajstić information content (AvgIpc) is 2.96. The number of carbonyl (C=O) groups excluding carboxylic acids is 1. The number of nitrogens with zero attached hydrogens (tertiary/aromatic N) is 4. The largest absolute Gasteiger partial charge is 0.332 e. The molecule has 9 nitrogen and oxygen atoms in total. The van der Waals surface area contributed by atoms with E-state index in [1.807, 2.05) is 11.6 Å². The van der Waals surface area contributed by atoms with E-state index < -0.39 is 4.92 Å². The van der Waals surface area contributed by atoms with E-state index in [0.717, 1.165) is 25.2 Å². The fourth-order valence-corrected chi connectivity index (χ4v) is 2.99. The van der Waals surface area contributed by atoms with Gasteiger partial charge in [0.2, 0.25) is 0 Å². The first-order chi connectivity index (χ1) is 11.9. The normalized spacial score (nSPS) is 17.4. The van der Waals surface area contributed by atoms with E-state index in [-0.39, 0.29) is 23.8 Å². The Kier molecular flexibility index (Phi) is 4.64. The van der Waals surface area contributed by atoms with E-state index in [1.54, 1.807) is 19.1 Å². The van der Waals surface area contributed by atoms with Gasteiger partial charge in [0, 0.05) is 18.7 Å². The van der Waals surface area contributed by atoms with E-state index in [9.17, 15) is 14.9 Å². The van der Waals surface area contributed by atoms with E-state index in [2.05, 4.69) is 20.7 Å². The fourth-order valence-electron chi connectivity index (χ4n) is 2.99. The minimum absolute atomic E-state index is 0.00224. The first-order valence-electron chi connectivity index (χ1n) is 8.17. The molecule has 2 amide bonds. The Bertz CT molecular complexity index is 803. The summed E-state index contributed by atoms with van der Waals surface area (Å²) in [6.45, 7) is 4.42. The number of aryl methyl sites for hydroxylation is 2. The van der Waals surface area contributed by atoms with E-state index in [0.29, 0.717) is 11.4 Å². The molecule has 0 unspecified atom stereocenters. The number of rotatable bonds is 4. The van der Waals surface area contributed by atoms with Gasteiger partial charge in [-0.15, -0.1) is 0 Å². The van der Waals surface area contributed by atoms with Crippen molar-refractivity contribution >= 4 is 11.7 Å². The lowest BCUT2D eigenvalue weighted by molar-refractivity contribution is -0.384. The number of amides is 2. The molecular formula is C16H20N6O3. The molecule has 0 radical (unpaired) electrons. The molecule has 0 bridgehead atoms. The van der Waals surface area contributed by atoms with Crippen LogP contribution in [0.25, 0.3) is 0 Å². The number of hydrogen-bond donors (Lipinski definition) is 2. The molecule has 2 heterocycles. The standard InChI is InChI=1S/C16H20N6O3/c1-10(12-5-3-6-13(9-12)22(24)25)17-16(23)19-14-7-4-8-21-15(14)18-11(2)20-21/h3,5-6,9-10,14H,4,7-8H2,1-2H3,(H2,17,19,23)/t10-,14+/m0/s1. The predicted octanol–water partition coefficient (Wildman–Crippen LogP) is 2.39. The predicted molar refractivity (Wildman–Crippen MR) is 89.9 cm³/mol. The van der Waals surface area contributed by atoms with Crippen LogP contribution in [0.4, 0.5) is 10.5 Å². The van der Waals surface area contributed by atoms with Crippen LogP contribution >= 0.6 is 0 Å². The second-order valence-corrected chi connectivity index (χ2v) is 6.13. The zero-order valence-electron chi connectivity index (χ0n) is 14.1. The van der Waals surface area contributed by atoms with Gasteiger partial charge < -0.3 is 10.6 Å². The summed E-state index contributed by atoms with van der Waals surface area (Å²) in [5.74, 6) is 1.45.